The summed E-state index contributed by atoms with van der Waals surface area (Å²) in [4.78, 5) is 0. The summed E-state index contributed by atoms with van der Waals surface area (Å²) in [5, 5.41) is 0. The van der Waals surface area contributed by atoms with Crippen LogP contribution in [0.15, 0.2) is 12.2 Å². The number of allylic oxidation sites excluding steroid dienone is 1. The Bertz CT molecular complexity index is 160. The number of hydrogen-bond donors (Lipinski definition) is 0. The molecule has 96 valence electrons. The molecule has 16 heavy (non-hydrogen) atoms. The molecule has 0 aromatic carbocycles. The summed E-state index contributed by atoms with van der Waals surface area (Å²) in [6, 6.07) is 0. The van der Waals surface area contributed by atoms with E-state index in [0.29, 0.717) is 6.42 Å². The number of halogens is 2. The Morgan fingerprint density at radius 1 is 0.750 bits per heavy atom. The van der Waals surface area contributed by atoms with Crippen LogP contribution in [0.4, 0.5) is 8.78 Å². The summed E-state index contributed by atoms with van der Waals surface area (Å²) in [5.74, 6) is 0. The quantitative estimate of drug-likeness (QED) is 0.379. The second kappa shape index (κ2) is 12.7. The van der Waals surface area contributed by atoms with Crippen molar-refractivity contribution in [2.45, 2.75) is 77.6 Å². The molecule has 0 saturated carbocycles. The van der Waals surface area contributed by atoms with Gasteiger partial charge in [0.05, 0.1) is 0 Å². The van der Waals surface area contributed by atoms with Gasteiger partial charge in [-0.25, -0.2) is 0 Å². The maximum absolute atomic E-state index is 11.7. The van der Waals surface area contributed by atoms with Crippen LogP contribution in [0.5, 0.6) is 0 Å². The molecule has 0 rings (SSSR count). The third kappa shape index (κ3) is 13.6. The van der Waals surface area contributed by atoms with Crippen molar-refractivity contribution < 1.29 is 8.78 Å². The number of unbranched alkanes of at least 4 members (excludes halogenated alkanes) is 10. The van der Waals surface area contributed by atoms with Crippen molar-refractivity contribution in [1.29, 1.82) is 0 Å². The fourth-order valence-corrected chi connectivity index (χ4v) is 1.84. The van der Waals surface area contributed by atoms with E-state index >= 15 is 0 Å². The van der Waals surface area contributed by atoms with Gasteiger partial charge >= 0.3 is 0 Å². The summed E-state index contributed by atoms with van der Waals surface area (Å²) in [7, 11) is 0. The minimum atomic E-state index is -1.53. The third-order valence-electron chi connectivity index (χ3n) is 2.86. The molecule has 0 aliphatic carbocycles. The largest absolute Gasteiger partial charge is 0.266 e. The van der Waals surface area contributed by atoms with Crippen LogP contribution in [0.2, 0.25) is 0 Å². The van der Waals surface area contributed by atoms with Gasteiger partial charge in [-0.1, -0.05) is 64.7 Å². The molecule has 0 aliphatic rings. The van der Waals surface area contributed by atoms with Gasteiger partial charge in [0.15, 0.2) is 0 Å². The minimum absolute atomic E-state index is 0.541. The lowest BCUT2D eigenvalue weighted by Crippen LogP contribution is -1.81. The second-order valence-corrected chi connectivity index (χ2v) is 4.46. The minimum Gasteiger partial charge on any atom is -0.174 e. The van der Waals surface area contributed by atoms with Crippen LogP contribution in [-0.2, 0) is 0 Å². The Balaban J connectivity index is 2.96. The van der Waals surface area contributed by atoms with Gasteiger partial charge in [0.1, 0.15) is 0 Å². The summed E-state index contributed by atoms with van der Waals surface area (Å²) in [6.45, 7) is 2.23. The van der Waals surface area contributed by atoms with E-state index in [1.165, 1.54) is 51.4 Å². The van der Waals surface area contributed by atoms with Crippen molar-refractivity contribution >= 4 is 0 Å². The van der Waals surface area contributed by atoms with Gasteiger partial charge < -0.3 is 0 Å². The van der Waals surface area contributed by atoms with Crippen LogP contribution in [0.1, 0.15) is 77.6 Å². The predicted octanol–water partition coefficient (Wildman–Crippen LogP) is 6.08. The lowest BCUT2D eigenvalue weighted by molar-refractivity contribution is 0.416. The summed E-state index contributed by atoms with van der Waals surface area (Å²) in [6.07, 6.45) is 12.6. The van der Waals surface area contributed by atoms with Crippen LogP contribution in [0.3, 0.4) is 0 Å². The van der Waals surface area contributed by atoms with Gasteiger partial charge in [0.2, 0.25) is 0 Å². The highest BCUT2D eigenvalue weighted by Crippen LogP contribution is 2.12. The van der Waals surface area contributed by atoms with Gasteiger partial charge in [-0.05, 0) is 18.9 Å². The molecule has 0 bridgehead atoms. The maximum Gasteiger partial charge on any atom is 0.266 e. The Morgan fingerprint density at radius 3 is 1.62 bits per heavy atom. The molecule has 0 fully saturated rings. The van der Waals surface area contributed by atoms with Gasteiger partial charge in [0, 0.05) is 0 Å². The van der Waals surface area contributed by atoms with Crippen molar-refractivity contribution in [2.24, 2.45) is 0 Å². The van der Waals surface area contributed by atoms with Crippen molar-refractivity contribution in [3.05, 3.63) is 12.2 Å². The van der Waals surface area contributed by atoms with E-state index in [9.17, 15) is 8.78 Å². The van der Waals surface area contributed by atoms with E-state index in [4.69, 9.17) is 0 Å². The molecule has 0 saturated heterocycles. The highest BCUT2D eigenvalue weighted by Gasteiger charge is 1.92. The zero-order valence-electron chi connectivity index (χ0n) is 10.6. The van der Waals surface area contributed by atoms with E-state index in [2.05, 4.69) is 6.92 Å². The Kier molecular flexibility index (Phi) is 12.4. The van der Waals surface area contributed by atoms with Crippen LogP contribution < -0.4 is 0 Å². The molecule has 0 nitrogen and oxygen atoms in total. The fraction of sp³-hybridized carbons (Fsp3) is 0.857. The van der Waals surface area contributed by atoms with Gasteiger partial charge in [-0.3, -0.25) is 0 Å². The van der Waals surface area contributed by atoms with E-state index < -0.39 is 6.08 Å². The van der Waals surface area contributed by atoms with Gasteiger partial charge in [-0.2, -0.15) is 8.78 Å². The average Bonchev–Trinajstić information content (AvgIpc) is 2.25. The maximum atomic E-state index is 11.7. The lowest BCUT2D eigenvalue weighted by Gasteiger charge is -2.01. The molecule has 0 aromatic heterocycles. The highest BCUT2D eigenvalue weighted by molar-refractivity contribution is 4.79. The summed E-state index contributed by atoms with van der Waals surface area (Å²) < 4.78 is 23.3. The van der Waals surface area contributed by atoms with E-state index in [-0.39, 0.29) is 0 Å². The standard InChI is InChI=1S/C14H26F2/c1-2-3-4-5-6-7-8-9-10-11-12-13-14(15)16/h13H,2-12H2,1H3. The first-order valence-electron chi connectivity index (χ1n) is 6.78. The molecular formula is C14H26F2. The first kappa shape index (κ1) is 15.6. The average molecular weight is 232 g/mol. The topological polar surface area (TPSA) is 0 Å². The third-order valence-corrected chi connectivity index (χ3v) is 2.86. The van der Waals surface area contributed by atoms with Crippen molar-refractivity contribution in [3.8, 4) is 0 Å². The van der Waals surface area contributed by atoms with E-state index in [1.807, 2.05) is 0 Å². The van der Waals surface area contributed by atoms with Crippen LogP contribution in [0.25, 0.3) is 0 Å². The van der Waals surface area contributed by atoms with Crippen molar-refractivity contribution in [2.75, 3.05) is 0 Å². The Hall–Kier alpha value is -0.400. The first-order chi connectivity index (χ1) is 7.77. The predicted molar refractivity (Wildman–Crippen MR) is 66.8 cm³/mol. The molecule has 0 unspecified atom stereocenters. The van der Waals surface area contributed by atoms with Gasteiger partial charge in [0.25, 0.3) is 6.08 Å². The Morgan fingerprint density at radius 2 is 1.19 bits per heavy atom. The SMILES string of the molecule is CCCCCCCCCCCCC=C(F)F. The van der Waals surface area contributed by atoms with Crippen molar-refractivity contribution in [3.63, 3.8) is 0 Å². The Labute approximate surface area is 99.1 Å². The summed E-state index contributed by atoms with van der Waals surface area (Å²) in [5.41, 5.74) is 0. The number of rotatable bonds is 11. The molecule has 0 atom stereocenters. The molecule has 0 radical (unpaired) electrons. The van der Waals surface area contributed by atoms with Gasteiger partial charge in [-0.15, -0.1) is 0 Å². The zero-order chi connectivity index (χ0) is 12.1. The monoisotopic (exact) mass is 232 g/mol. The molecule has 0 heterocycles. The van der Waals surface area contributed by atoms with E-state index in [1.54, 1.807) is 0 Å². The molecule has 0 spiro atoms. The van der Waals surface area contributed by atoms with E-state index in [0.717, 1.165) is 18.9 Å². The van der Waals surface area contributed by atoms with Crippen LogP contribution in [-0.4, -0.2) is 0 Å². The highest BCUT2D eigenvalue weighted by atomic mass is 19.3. The smallest absolute Gasteiger partial charge is 0.174 e. The first-order valence-corrected chi connectivity index (χ1v) is 6.78. The lowest BCUT2D eigenvalue weighted by atomic mass is 10.1. The summed E-state index contributed by atoms with van der Waals surface area (Å²) >= 11 is 0. The molecule has 0 N–H and O–H groups in total. The van der Waals surface area contributed by atoms with Crippen LogP contribution in [0, 0.1) is 0 Å². The number of hydrogen-bond acceptors (Lipinski definition) is 0. The van der Waals surface area contributed by atoms with Crippen molar-refractivity contribution in [1.82, 2.24) is 0 Å². The fourth-order valence-electron chi connectivity index (χ4n) is 1.84. The molecule has 0 aliphatic heterocycles. The molecule has 0 amide bonds. The second-order valence-electron chi connectivity index (χ2n) is 4.46. The molecule has 0 aromatic rings. The zero-order valence-corrected chi connectivity index (χ0v) is 10.6. The normalized spacial score (nSPS) is 10.4. The molecule has 2 heteroatoms. The van der Waals surface area contributed by atoms with Crippen LogP contribution >= 0.6 is 0 Å². The molecular weight excluding hydrogens is 206 g/mol.